The average Bonchev–Trinajstić information content (AvgIpc) is 2.45. The number of guanidine groups is 1. The zero-order valence-corrected chi connectivity index (χ0v) is 14.3. The van der Waals surface area contributed by atoms with Crippen LogP contribution in [0.2, 0.25) is 0 Å². The minimum atomic E-state index is -0.663. The molecule has 1 aliphatic rings. The number of aliphatic imine (C=N–C) groups is 1. The molecule has 0 aromatic rings. The van der Waals surface area contributed by atoms with E-state index in [9.17, 15) is 4.21 Å². The maximum Gasteiger partial charge on any atom is 0.191 e. The van der Waals surface area contributed by atoms with Crippen molar-refractivity contribution >= 4 is 16.8 Å². The largest absolute Gasteiger partial charge is 0.356 e. The van der Waals surface area contributed by atoms with Crippen molar-refractivity contribution in [3.05, 3.63) is 0 Å². The fourth-order valence-electron chi connectivity index (χ4n) is 2.62. The number of nitrogens with zero attached hydrogens (tertiary/aromatic N) is 1. The highest BCUT2D eigenvalue weighted by molar-refractivity contribution is 7.85. The predicted octanol–water partition coefficient (Wildman–Crippen LogP) is 2.28. The fraction of sp³-hybridized carbons (Fsp3) is 0.933. The van der Waals surface area contributed by atoms with Crippen molar-refractivity contribution < 1.29 is 4.21 Å². The van der Waals surface area contributed by atoms with Gasteiger partial charge in [0, 0.05) is 41.4 Å². The molecule has 0 aliphatic heterocycles. The van der Waals surface area contributed by atoms with Gasteiger partial charge in [0.2, 0.25) is 0 Å². The van der Waals surface area contributed by atoms with E-state index in [-0.39, 0.29) is 0 Å². The van der Waals surface area contributed by atoms with Crippen molar-refractivity contribution in [1.29, 1.82) is 0 Å². The molecule has 0 bridgehead atoms. The molecule has 1 rings (SSSR count). The Morgan fingerprint density at radius 2 is 2.15 bits per heavy atom. The first-order valence-corrected chi connectivity index (χ1v) is 9.29. The molecule has 1 aliphatic carbocycles. The van der Waals surface area contributed by atoms with Crippen LogP contribution >= 0.6 is 0 Å². The molecular formula is C15H31N3OS. The lowest BCUT2D eigenvalue weighted by molar-refractivity contribution is 0.413. The van der Waals surface area contributed by atoms with Gasteiger partial charge in [-0.15, -0.1) is 0 Å². The molecule has 20 heavy (non-hydrogen) atoms. The zero-order valence-electron chi connectivity index (χ0n) is 13.4. The van der Waals surface area contributed by atoms with Crippen LogP contribution in [0, 0.1) is 5.92 Å². The molecule has 0 aromatic heterocycles. The molecule has 0 heterocycles. The monoisotopic (exact) mass is 301 g/mol. The van der Waals surface area contributed by atoms with Crippen molar-refractivity contribution in [2.75, 3.05) is 19.3 Å². The van der Waals surface area contributed by atoms with Crippen LogP contribution in [0.5, 0.6) is 0 Å². The Hall–Kier alpha value is -0.580. The molecule has 3 atom stereocenters. The minimum Gasteiger partial charge on any atom is -0.356 e. The molecule has 0 saturated heterocycles. The van der Waals surface area contributed by atoms with Gasteiger partial charge in [-0.25, -0.2) is 0 Å². The first-order chi connectivity index (χ1) is 9.56. The molecule has 0 spiro atoms. The van der Waals surface area contributed by atoms with Gasteiger partial charge in [-0.3, -0.25) is 9.20 Å². The van der Waals surface area contributed by atoms with E-state index in [1.807, 2.05) is 14.0 Å². The minimum absolute atomic E-state index is 0.361. The first-order valence-electron chi connectivity index (χ1n) is 7.91. The maximum atomic E-state index is 12.0. The van der Waals surface area contributed by atoms with E-state index in [1.165, 1.54) is 0 Å². The third-order valence-electron chi connectivity index (χ3n) is 3.86. The van der Waals surface area contributed by atoms with Gasteiger partial charge in [0.25, 0.3) is 0 Å². The summed E-state index contributed by atoms with van der Waals surface area (Å²) >= 11 is 0. The summed E-state index contributed by atoms with van der Waals surface area (Å²) < 4.78 is 12.0. The van der Waals surface area contributed by atoms with E-state index in [2.05, 4.69) is 29.5 Å². The lowest BCUT2D eigenvalue weighted by Crippen LogP contribution is -2.46. The highest BCUT2D eigenvalue weighted by atomic mass is 32.2. The Kier molecular flexibility index (Phi) is 8.19. The van der Waals surface area contributed by atoms with Crippen LogP contribution in [-0.2, 0) is 10.8 Å². The summed E-state index contributed by atoms with van der Waals surface area (Å²) in [5, 5.41) is 7.22. The maximum absolute atomic E-state index is 12.0. The van der Waals surface area contributed by atoms with Gasteiger partial charge in [0.15, 0.2) is 5.96 Å². The van der Waals surface area contributed by atoms with E-state index in [0.29, 0.717) is 17.2 Å². The molecule has 2 N–H and O–H groups in total. The van der Waals surface area contributed by atoms with Crippen molar-refractivity contribution in [2.24, 2.45) is 10.9 Å². The quantitative estimate of drug-likeness (QED) is 0.584. The van der Waals surface area contributed by atoms with Crippen molar-refractivity contribution in [3.8, 4) is 0 Å². The summed E-state index contributed by atoms with van der Waals surface area (Å²) in [6, 6.07) is 0.412. The molecule has 1 saturated carbocycles. The molecule has 3 unspecified atom stereocenters. The van der Waals surface area contributed by atoms with Gasteiger partial charge in [-0.1, -0.05) is 27.2 Å². The van der Waals surface area contributed by atoms with Crippen molar-refractivity contribution in [2.45, 2.75) is 64.2 Å². The van der Waals surface area contributed by atoms with Crippen LogP contribution in [0.4, 0.5) is 0 Å². The average molecular weight is 302 g/mol. The topological polar surface area (TPSA) is 53.5 Å². The van der Waals surface area contributed by atoms with Crippen LogP contribution in [0.1, 0.15) is 52.9 Å². The lowest BCUT2D eigenvalue weighted by Gasteiger charge is -2.30. The number of rotatable bonds is 6. The molecule has 0 amide bonds. The fourth-order valence-corrected chi connectivity index (χ4v) is 3.97. The number of hydrogen-bond acceptors (Lipinski definition) is 2. The third-order valence-corrected chi connectivity index (χ3v) is 5.60. The van der Waals surface area contributed by atoms with Crippen LogP contribution in [0.15, 0.2) is 4.99 Å². The third kappa shape index (κ3) is 6.25. The Morgan fingerprint density at radius 1 is 1.40 bits per heavy atom. The second kappa shape index (κ2) is 9.37. The lowest BCUT2D eigenvalue weighted by atomic mass is 9.95. The molecular weight excluding hydrogens is 270 g/mol. The van der Waals surface area contributed by atoms with Gasteiger partial charge in [-0.05, 0) is 31.6 Å². The second-order valence-electron chi connectivity index (χ2n) is 5.98. The van der Waals surface area contributed by atoms with E-state index < -0.39 is 10.8 Å². The van der Waals surface area contributed by atoms with Gasteiger partial charge in [0.1, 0.15) is 0 Å². The summed E-state index contributed by atoms with van der Waals surface area (Å²) in [5.41, 5.74) is 0. The van der Waals surface area contributed by atoms with Gasteiger partial charge in [0.05, 0.1) is 0 Å². The van der Waals surface area contributed by atoms with Crippen molar-refractivity contribution in [1.82, 2.24) is 10.6 Å². The summed E-state index contributed by atoms with van der Waals surface area (Å²) in [6.45, 7) is 7.42. The predicted molar refractivity (Wildman–Crippen MR) is 88.7 cm³/mol. The van der Waals surface area contributed by atoms with Crippen LogP contribution in [-0.4, -0.2) is 40.8 Å². The standard InChI is InChI=1S/C15H31N3OS/c1-5-20(19)14-8-6-7-13(11-14)18-15(16-4)17-10-9-12(2)3/h12-14H,5-11H2,1-4H3,(H2,16,17,18). The van der Waals surface area contributed by atoms with E-state index >= 15 is 0 Å². The van der Waals surface area contributed by atoms with Gasteiger partial charge in [-0.2, -0.15) is 0 Å². The van der Waals surface area contributed by atoms with E-state index in [0.717, 1.165) is 50.4 Å². The smallest absolute Gasteiger partial charge is 0.191 e. The first kappa shape index (κ1) is 17.5. The molecule has 5 heteroatoms. The molecule has 118 valence electrons. The molecule has 4 nitrogen and oxygen atoms in total. The highest BCUT2D eigenvalue weighted by Crippen LogP contribution is 2.22. The normalized spacial score (nSPS) is 25.6. The summed E-state index contributed by atoms with van der Waals surface area (Å²) in [4.78, 5) is 4.29. The summed E-state index contributed by atoms with van der Waals surface area (Å²) in [6.07, 6.45) is 5.58. The van der Waals surface area contributed by atoms with Crippen molar-refractivity contribution in [3.63, 3.8) is 0 Å². The Balaban J connectivity index is 2.39. The Morgan fingerprint density at radius 3 is 2.75 bits per heavy atom. The Labute approximate surface area is 126 Å². The molecule has 0 radical (unpaired) electrons. The second-order valence-corrected chi connectivity index (χ2v) is 7.99. The van der Waals surface area contributed by atoms with Gasteiger partial charge >= 0.3 is 0 Å². The van der Waals surface area contributed by atoms with Crippen LogP contribution < -0.4 is 10.6 Å². The SMILES string of the molecule is CCS(=O)C1CCCC(NC(=NC)NCCC(C)C)C1. The number of nitrogens with one attached hydrogen (secondary N) is 2. The zero-order chi connectivity index (χ0) is 15.0. The van der Waals surface area contributed by atoms with Crippen LogP contribution in [0.3, 0.4) is 0 Å². The van der Waals surface area contributed by atoms with Crippen LogP contribution in [0.25, 0.3) is 0 Å². The Bertz CT molecular complexity index is 331. The molecule has 1 fully saturated rings. The van der Waals surface area contributed by atoms with Gasteiger partial charge < -0.3 is 10.6 Å². The van der Waals surface area contributed by atoms with E-state index in [4.69, 9.17) is 0 Å². The highest BCUT2D eigenvalue weighted by Gasteiger charge is 2.25. The molecule has 0 aromatic carbocycles. The summed E-state index contributed by atoms with van der Waals surface area (Å²) in [7, 11) is 1.15. The number of hydrogen-bond donors (Lipinski definition) is 2. The van der Waals surface area contributed by atoms with E-state index in [1.54, 1.807) is 0 Å². The summed E-state index contributed by atoms with van der Waals surface area (Å²) in [5.74, 6) is 2.36.